The number of nitrogens with zero attached hydrogens (tertiary/aromatic N) is 3. The van der Waals surface area contributed by atoms with E-state index in [0.717, 1.165) is 24.7 Å². The summed E-state index contributed by atoms with van der Waals surface area (Å²) in [4.78, 5) is 20.7. The van der Waals surface area contributed by atoms with Crippen molar-refractivity contribution in [1.29, 1.82) is 0 Å². The minimum absolute atomic E-state index is 0.0603. The van der Waals surface area contributed by atoms with Crippen LogP contribution in [-0.2, 0) is 6.54 Å². The van der Waals surface area contributed by atoms with Crippen LogP contribution in [-0.4, -0.2) is 46.9 Å². The SMILES string of the molecule is O=C(c1cc(Cl)ccn1)N1CCN(Cc2cccc(Cl)c2)CC1. The van der Waals surface area contributed by atoms with Crippen LogP contribution in [0, 0.1) is 0 Å². The van der Waals surface area contributed by atoms with Crippen molar-refractivity contribution in [3.63, 3.8) is 0 Å². The van der Waals surface area contributed by atoms with Gasteiger partial charge in [0.1, 0.15) is 5.69 Å². The Balaban J connectivity index is 1.57. The lowest BCUT2D eigenvalue weighted by molar-refractivity contribution is 0.0623. The smallest absolute Gasteiger partial charge is 0.272 e. The first kappa shape index (κ1) is 16.2. The molecule has 0 atom stereocenters. The van der Waals surface area contributed by atoms with Gasteiger partial charge in [0, 0.05) is 49.0 Å². The Labute approximate surface area is 145 Å². The molecule has 3 rings (SSSR count). The maximum absolute atomic E-state index is 12.4. The highest BCUT2D eigenvalue weighted by atomic mass is 35.5. The van der Waals surface area contributed by atoms with Gasteiger partial charge in [0.25, 0.3) is 5.91 Å². The lowest BCUT2D eigenvalue weighted by atomic mass is 10.2. The van der Waals surface area contributed by atoms with Gasteiger partial charge in [-0.3, -0.25) is 14.7 Å². The van der Waals surface area contributed by atoms with Gasteiger partial charge < -0.3 is 4.90 Å². The highest BCUT2D eigenvalue weighted by Crippen LogP contribution is 2.15. The summed E-state index contributed by atoms with van der Waals surface area (Å²) in [6, 6.07) is 11.2. The average Bonchev–Trinajstić information content (AvgIpc) is 2.55. The summed E-state index contributed by atoms with van der Waals surface area (Å²) in [5, 5.41) is 1.28. The molecule has 0 saturated carbocycles. The molecule has 0 bridgehead atoms. The largest absolute Gasteiger partial charge is 0.335 e. The number of hydrogen-bond donors (Lipinski definition) is 0. The van der Waals surface area contributed by atoms with Gasteiger partial charge in [-0.2, -0.15) is 0 Å². The zero-order valence-corrected chi connectivity index (χ0v) is 14.1. The Morgan fingerprint density at radius 3 is 2.48 bits per heavy atom. The molecule has 6 heteroatoms. The molecule has 1 aromatic heterocycles. The van der Waals surface area contributed by atoms with E-state index in [1.807, 2.05) is 23.1 Å². The maximum atomic E-state index is 12.4. The van der Waals surface area contributed by atoms with Gasteiger partial charge in [-0.05, 0) is 29.8 Å². The number of hydrogen-bond acceptors (Lipinski definition) is 3. The van der Waals surface area contributed by atoms with Crippen LogP contribution in [0.5, 0.6) is 0 Å². The number of benzene rings is 1. The first-order valence-electron chi connectivity index (χ1n) is 7.49. The molecular weight excluding hydrogens is 333 g/mol. The van der Waals surface area contributed by atoms with Gasteiger partial charge in [0.15, 0.2) is 0 Å². The highest BCUT2D eigenvalue weighted by molar-refractivity contribution is 6.31. The van der Waals surface area contributed by atoms with Gasteiger partial charge >= 0.3 is 0 Å². The van der Waals surface area contributed by atoms with Crippen LogP contribution in [0.3, 0.4) is 0 Å². The third kappa shape index (κ3) is 4.22. The second kappa shape index (κ2) is 7.30. The van der Waals surface area contributed by atoms with E-state index in [0.29, 0.717) is 23.8 Å². The Hall–Kier alpha value is -1.62. The van der Waals surface area contributed by atoms with E-state index in [4.69, 9.17) is 23.2 Å². The fourth-order valence-electron chi connectivity index (χ4n) is 2.69. The van der Waals surface area contributed by atoms with E-state index >= 15 is 0 Å². The number of halogens is 2. The van der Waals surface area contributed by atoms with Gasteiger partial charge in [-0.25, -0.2) is 0 Å². The Morgan fingerprint density at radius 2 is 1.78 bits per heavy atom. The summed E-state index contributed by atoms with van der Waals surface area (Å²) in [5.74, 6) is -0.0603. The first-order valence-corrected chi connectivity index (χ1v) is 8.25. The number of carbonyl (C=O) groups is 1. The van der Waals surface area contributed by atoms with Crippen LogP contribution < -0.4 is 0 Å². The van der Waals surface area contributed by atoms with Crippen molar-refractivity contribution in [2.45, 2.75) is 6.54 Å². The molecule has 0 N–H and O–H groups in total. The summed E-state index contributed by atoms with van der Waals surface area (Å²) in [5.41, 5.74) is 1.59. The fraction of sp³-hybridized carbons (Fsp3) is 0.294. The predicted octanol–water partition coefficient (Wildman–Crippen LogP) is 3.35. The molecule has 120 valence electrons. The number of aromatic nitrogens is 1. The number of carbonyl (C=O) groups excluding carboxylic acids is 1. The van der Waals surface area contributed by atoms with E-state index < -0.39 is 0 Å². The topological polar surface area (TPSA) is 36.4 Å². The van der Waals surface area contributed by atoms with Gasteiger partial charge in [0.05, 0.1) is 0 Å². The molecule has 1 amide bonds. The molecule has 0 spiro atoms. The molecule has 2 heterocycles. The average molecular weight is 350 g/mol. The Kier molecular flexibility index (Phi) is 5.16. The first-order chi connectivity index (χ1) is 11.1. The minimum Gasteiger partial charge on any atom is -0.335 e. The Morgan fingerprint density at radius 1 is 1.04 bits per heavy atom. The van der Waals surface area contributed by atoms with Crippen molar-refractivity contribution < 1.29 is 4.79 Å². The zero-order valence-electron chi connectivity index (χ0n) is 12.6. The monoisotopic (exact) mass is 349 g/mol. The minimum atomic E-state index is -0.0603. The van der Waals surface area contributed by atoms with Crippen molar-refractivity contribution in [2.24, 2.45) is 0 Å². The summed E-state index contributed by atoms with van der Waals surface area (Å²) >= 11 is 11.9. The molecule has 0 unspecified atom stereocenters. The summed E-state index contributed by atoms with van der Waals surface area (Å²) < 4.78 is 0. The van der Waals surface area contributed by atoms with Crippen LogP contribution in [0.25, 0.3) is 0 Å². The van der Waals surface area contributed by atoms with Crippen LogP contribution in [0.15, 0.2) is 42.6 Å². The highest BCUT2D eigenvalue weighted by Gasteiger charge is 2.23. The van der Waals surface area contributed by atoms with Crippen LogP contribution in [0.4, 0.5) is 0 Å². The van der Waals surface area contributed by atoms with Crippen molar-refractivity contribution >= 4 is 29.1 Å². The van der Waals surface area contributed by atoms with Crippen LogP contribution in [0.2, 0.25) is 10.0 Å². The molecule has 1 aliphatic rings. The quantitative estimate of drug-likeness (QED) is 0.852. The standard InChI is InChI=1S/C17H17Cl2N3O/c18-14-3-1-2-13(10-14)12-21-6-8-22(9-7-21)17(23)16-11-15(19)4-5-20-16/h1-5,10-11H,6-9,12H2. The zero-order chi connectivity index (χ0) is 16.2. The fourth-order valence-corrected chi connectivity index (χ4v) is 3.06. The second-order valence-corrected chi connectivity index (χ2v) is 6.43. The number of rotatable bonds is 3. The molecular formula is C17H17Cl2N3O. The molecule has 1 saturated heterocycles. The van der Waals surface area contributed by atoms with Gasteiger partial charge in [-0.15, -0.1) is 0 Å². The van der Waals surface area contributed by atoms with E-state index in [2.05, 4.69) is 16.0 Å². The van der Waals surface area contributed by atoms with E-state index in [1.165, 1.54) is 5.56 Å². The number of amides is 1. The molecule has 1 aliphatic heterocycles. The summed E-state index contributed by atoms with van der Waals surface area (Å²) in [7, 11) is 0. The molecule has 23 heavy (non-hydrogen) atoms. The predicted molar refractivity (Wildman–Crippen MR) is 91.9 cm³/mol. The molecule has 1 aromatic carbocycles. The van der Waals surface area contributed by atoms with Crippen LogP contribution in [0.1, 0.15) is 16.1 Å². The molecule has 0 radical (unpaired) electrons. The van der Waals surface area contributed by atoms with Gasteiger partial charge in [-0.1, -0.05) is 35.3 Å². The third-order valence-corrected chi connectivity index (χ3v) is 4.37. The van der Waals surface area contributed by atoms with Crippen LogP contribution >= 0.6 is 23.2 Å². The maximum Gasteiger partial charge on any atom is 0.272 e. The van der Waals surface area contributed by atoms with Gasteiger partial charge in [0.2, 0.25) is 0 Å². The number of pyridine rings is 1. The molecule has 0 aliphatic carbocycles. The third-order valence-electron chi connectivity index (χ3n) is 3.90. The van der Waals surface area contributed by atoms with Crippen molar-refractivity contribution in [1.82, 2.24) is 14.8 Å². The van der Waals surface area contributed by atoms with Crippen molar-refractivity contribution in [3.8, 4) is 0 Å². The normalized spacial score (nSPS) is 15.7. The Bertz CT molecular complexity index is 700. The molecule has 4 nitrogen and oxygen atoms in total. The van der Waals surface area contributed by atoms with Crippen molar-refractivity contribution in [2.75, 3.05) is 26.2 Å². The van der Waals surface area contributed by atoms with E-state index in [9.17, 15) is 4.79 Å². The summed E-state index contributed by atoms with van der Waals surface area (Å²) in [6.45, 7) is 3.89. The lowest BCUT2D eigenvalue weighted by Gasteiger charge is -2.34. The molecule has 1 fully saturated rings. The van der Waals surface area contributed by atoms with Crippen molar-refractivity contribution in [3.05, 3.63) is 63.9 Å². The van der Waals surface area contributed by atoms with E-state index in [1.54, 1.807) is 18.3 Å². The second-order valence-electron chi connectivity index (χ2n) is 5.56. The lowest BCUT2D eigenvalue weighted by Crippen LogP contribution is -2.48. The van der Waals surface area contributed by atoms with E-state index in [-0.39, 0.29) is 5.91 Å². The molecule has 2 aromatic rings. The summed E-state index contributed by atoms with van der Waals surface area (Å²) in [6.07, 6.45) is 1.56. The number of piperazine rings is 1.